The van der Waals surface area contributed by atoms with Gasteiger partial charge in [0, 0.05) is 30.4 Å². The molecular weight excluding hydrogens is 332 g/mol. The average molecular weight is 351 g/mol. The van der Waals surface area contributed by atoms with Gasteiger partial charge in [0.2, 0.25) is 11.8 Å². The Morgan fingerprint density at radius 1 is 1.26 bits per heavy atom. The van der Waals surface area contributed by atoms with Crippen molar-refractivity contribution in [2.24, 2.45) is 0 Å². The van der Waals surface area contributed by atoms with E-state index in [9.17, 15) is 9.59 Å². The van der Waals surface area contributed by atoms with Gasteiger partial charge in [0.25, 0.3) is 0 Å². The summed E-state index contributed by atoms with van der Waals surface area (Å²) in [6.07, 6.45) is 0.240. The number of hydrogen-bond donors (Lipinski definition) is 1. The number of rotatable bonds is 6. The molecule has 122 valence electrons. The summed E-state index contributed by atoms with van der Waals surface area (Å²) in [4.78, 5) is 26.5. The molecule has 2 amide bonds. The van der Waals surface area contributed by atoms with Gasteiger partial charge in [0.05, 0.1) is 12.5 Å². The fraction of sp³-hybridized carbons (Fsp3) is 0.294. The van der Waals surface area contributed by atoms with Crippen molar-refractivity contribution in [1.82, 2.24) is 10.2 Å². The zero-order chi connectivity index (χ0) is 16.8. The summed E-state index contributed by atoms with van der Waals surface area (Å²) in [5.41, 5.74) is 1.01. The van der Waals surface area contributed by atoms with Crippen LogP contribution in [0.1, 0.15) is 29.8 Å². The second-order valence-corrected chi connectivity index (χ2v) is 6.76. The summed E-state index contributed by atoms with van der Waals surface area (Å²) in [7, 11) is 1.76. The zero-order valence-electron chi connectivity index (χ0n) is 13.1. The maximum Gasteiger partial charge on any atom is 0.225 e. The molecule has 0 unspecified atom stereocenters. The first kappa shape index (κ1) is 17.5. The molecule has 6 heteroatoms. The van der Waals surface area contributed by atoms with Crippen molar-refractivity contribution in [1.29, 1.82) is 0 Å². The molecule has 1 heterocycles. The predicted octanol–water partition coefficient (Wildman–Crippen LogP) is 3.63. The van der Waals surface area contributed by atoms with Gasteiger partial charge >= 0.3 is 0 Å². The molecule has 0 saturated heterocycles. The molecule has 0 spiro atoms. The molecule has 23 heavy (non-hydrogen) atoms. The molecule has 2 aromatic rings. The van der Waals surface area contributed by atoms with Gasteiger partial charge in [-0.3, -0.25) is 9.59 Å². The van der Waals surface area contributed by atoms with Gasteiger partial charge < -0.3 is 10.2 Å². The molecule has 0 aliphatic carbocycles. The van der Waals surface area contributed by atoms with E-state index in [1.54, 1.807) is 24.1 Å². The number of amides is 2. The molecule has 0 fully saturated rings. The van der Waals surface area contributed by atoms with Gasteiger partial charge in [-0.05, 0) is 29.1 Å². The average Bonchev–Trinajstić information content (AvgIpc) is 3.02. The molecule has 0 radical (unpaired) electrons. The lowest BCUT2D eigenvalue weighted by Crippen LogP contribution is -2.33. The Balaban J connectivity index is 1.99. The number of benzene rings is 1. The highest BCUT2D eigenvalue weighted by atomic mass is 35.5. The molecule has 2 rings (SSSR count). The van der Waals surface area contributed by atoms with E-state index < -0.39 is 0 Å². The lowest BCUT2D eigenvalue weighted by molar-refractivity contribution is -0.131. The van der Waals surface area contributed by atoms with Gasteiger partial charge in [0.15, 0.2) is 0 Å². The lowest BCUT2D eigenvalue weighted by Gasteiger charge is -2.22. The highest BCUT2D eigenvalue weighted by molar-refractivity contribution is 7.10. The summed E-state index contributed by atoms with van der Waals surface area (Å²) < 4.78 is 0. The molecular formula is C17H19ClN2O2S. The Morgan fingerprint density at radius 2 is 1.96 bits per heavy atom. The van der Waals surface area contributed by atoms with Crippen LogP contribution in [-0.2, 0) is 16.1 Å². The highest BCUT2D eigenvalue weighted by Gasteiger charge is 2.20. The molecule has 0 saturated carbocycles. The summed E-state index contributed by atoms with van der Waals surface area (Å²) in [6.45, 7) is 1.97. The zero-order valence-corrected chi connectivity index (χ0v) is 14.7. The number of halogens is 1. The van der Waals surface area contributed by atoms with Crippen molar-refractivity contribution in [3.05, 3.63) is 57.2 Å². The maximum absolute atomic E-state index is 12.5. The monoisotopic (exact) mass is 350 g/mol. The fourth-order valence-corrected chi connectivity index (χ4v) is 3.14. The lowest BCUT2D eigenvalue weighted by atomic mass is 10.1. The first-order chi connectivity index (χ1) is 11.0. The maximum atomic E-state index is 12.5. The van der Waals surface area contributed by atoms with Crippen molar-refractivity contribution in [3.8, 4) is 0 Å². The topological polar surface area (TPSA) is 49.4 Å². The third-order valence-electron chi connectivity index (χ3n) is 3.40. The first-order valence-electron chi connectivity index (χ1n) is 7.24. The van der Waals surface area contributed by atoms with E-state index in [4.69, 9.17) is 11.6 Å². The van der Waals surface area contributed by atoms with Gasteiger partial charge in [0.1, 0.15) is 0 Å². The molecule has 0 aliphatic rings. The Labute approximate surface area is 145 Å². The van der Waals surface area contributed by atoms with Crippen LogP contribution >= 0.6 is 22.9 Å². The second-order valence-electron chi connectivity index (χ2n) is 5.35. The Bertz CT molecular complexity index is 656. The number of thiophene rings is 1. The largest absolute Gasteiger partial charge is 0.348 e. The second kappa shape index (κ2) is 8.13. The normalized spacial score (nSPS) is 11.8. The smallest absolute Gasteiger partial charge is 0.225 e. The van der Waals surface area contributed by atoms with E-state index in [2.05, 4.69) is 5.32 Å². The van der Waals surface area contributed by atoms with Crippen LogP contribution < -0.4 is 5.32 Å². The quantitative estimate of drug-likeness (QED) is 0.864. The number of nitrogens with zero attached hydrogens (tertiary/aromatic N) is 1. The van der Waals surface area contributed by atoms with Crippen LogP contribution in [0.5, 0.6) is 0 Å². The fourth-order valence-electron chi connectivity index (χ4n) is 2.24. The van der Waals surface area contributed by atoms with Gasteiger partial charge in [-0.25, -0.2) is 0 Å². The Morgan fingerprint density at radius 3 is 2.52 bits per heavy atom. The van der Waals surface area contributed by atoms with Crippen LogP contribution in [0, 0.1) is 0 Å². The van der Waals surface area contributed by atoms with E-state index in [-0.39, 0.29) is 24.3 Å². The van der Waals surface area contributed by atoms with Crippen LogP contribution in [0.2, 0.25) is 5.02 Å². The van der Waals surface area contributed by atoms with E-state index in [0.29, 0.717) is 11.6 Å². The van der Waals surface area contributed by atoms with Gasteiger partial charge in [-0.1, -0.05) is 29.8 Å². The van der Waals surface area contributed by atoms with Crippen molar-refractivity contribution >= 4 is 34.8 Å². The summed E-state index contributed by atoms with van der Waals surface area (Å²) in [5.74, 6) is -0.163. The molecule has 1 N–H and O–H groups in total. The third kappa shape index (κ3) is 5.37. The summed E-state index contributed by atoms with van der Waals surface area (Å²) in [5, 5.41) is 5.45. The highest BCUT2D eigenvalue weighted by Crippen LogP contribution is 2.23. The van der Waals surface area contributed by atoms with Crippen molar-refractivity contribution in [3.63, 3.8) is 0 Å². The van der Waals surface area contributed by atoms with Crippen molar-refractivity contribution in [2.45, 2.75) is 25.9 Å². The third-order valence-corrected chi connectivity index (χ3v) is 4.64. The molecule has 1 aromatic heterocycles. The number of nitrogens with one attached hydrogen (secondary N) is 1. The number of hydrogen-bond acceptors (Lipinski definition) is 3. The summed E-state index contributed by atoms with van der Waals surface area (Å²) in [6, 6.07) is 11.0. The van der Waals surface area contributed by atoms with Gasteiger partial charge in [-0.2, -0.15) is 0 Å². The van der Waals surface area contributed by atoms with Crippen molar-refractivity contribution in [2.75, 3.05) is 7.05 Å². The Hall–Kier alpha value is -1.85. The molecule has 0 bridgehead atoms. The van der Waals surface area contributed by atoms with Crippen molar-refractivity contribution < 1.29 is 9.59 Å². The summed E-state index contributed by atoms with van der Waals surface area (Å²) >= 11 is 7.40. The molecule has 1 aromatic carbocycles. The van der Waals surface area contributed by atoms with E-state index >= 15 is 0 Å². The number of carbonyl (C=O) groups is 2. The molecule has 0 aliphatic heterocycles. The van der Waals surface area contributed by atoms with E-state index in [0.717, 1.165) is 10.4 Å². The van der Waals surface area contributed by atoms with Crippen LogP contribution in [-0.4, -0.2) is 23.8 Å². The van der Waals surface area contributed by atoms with E-state index in [1.165, 1.54) is 18.3 Å². The van der Waals surface area contributed by atoms with Crippen LogP contribution in [0.4, 0.5) is 0 Å². The standard InChI is InChI=1S/C17H19ClN2O2S/c1-12(21)19-15(16-4-3-9-23-16)10-17(22)20(2)11-13-5-7-14(18)8-6-13/h3-9,15H,10-11H2,1-2H3,(H,19,21)/t15-/m0/s1. The predicted molar refractivity (Wildman–Crippen MR) is 93.4 cm³/mol. The minimum atomic E-state index is -0.285. The number of carbonyl (C=O) groups excluding carboxylic acids is 2. The first-order valence-corrected chi connectivity index (χ1v) is 8.50. The Kier molecular flexibility index (Phi) is 6.19. The minimum absolute atomic E-state index is 0.0212. The molecule has 4 nitrogen and oxygen atoms in total. The van der Waals surface area contributed by atoms with Crippen LogP contribution in [0.15, 0.2) is 41.8 Å². The SMILES string of the molecule is CC(=O)N[C@@H](CC(=O)N(C)Cc1ccc(Cl)cc1)c1cccs1. The minimum Gasteiger partial charge on any atom is -0.348 e. The van der Waals surface area contributed by atoms with E-state index in [1.807, 2.05) is 29.6 Å². The van der Waals surface area contributed by atoms with Crippen LogP contribution in [0.25, 0.3) is 0 Å². The van der Waals surface area contributed by atoms with Crippen LogP contribution in [0.3, 0.4) is 0 Å². The molecule has 1 atom stereocenters. The van der Waals surface area contributed by atoms with Gasteiger partial charge in [-0.15, -0.1) is 11.3 Å².